The smallest absolute Gasteiger partial charge is 0.137 e. The molecule has 2 heterocycles. The molecule has 0 radical (unpaired) electrons. The summed E-state index contributed by atoms with van der Waals surface area (Å²) in [5, 5.41) is 0. The van der Waals surface area contributed by atoms with E-state index in [1.807, 2.05) is 18.3 Å². The molecule has 0 aliphatic heterocycles. The molecule has 2 aromatic rings. The molecule has 3 nitrogen and oxygen atoms in total. The van der Waals surface area contributed by atoms with Gasteiger partial charge in [0, 0.05) is 17.6 Å². The molecule has 0 aromatic carbocycles. The fourth-order valence-electron chi connectivity index (χ4n) is 3.18. The molecule has 1 aliphatic carbocycles. The summed E-state index contributed by atoms with van der Waals surface area (Å²) in [5.74, 6) is 0.742. The van der Waals surface area contributed by atoms with Gasteiger partial charge in [-0.25, -0.2) is 4.98 Å². The van der Waals surface area contributed by atoms with Crippen LogP contribution in [0.25, 0.3) is 5.65 Å². The summed E-state index contributed by atoms with van der Waals surface area (Å²) < 4.78 is 2.20. The van der Waals surface area contributed by atoms with Gasteiger partial charge in [-0.15, -0.1) is 0 Å². The third-order valence-corrected chi connectivity index (χ3v) is 5.01. The molecule has 2 N–H and O–H groups in total. The number of nitrogens with two attached hydrogens (primary N) is 1. The van der Waals surface area contributed by atoms with Crippen molar-refractivity contribution in [1.82, 2.24) is 9.38 Å². The molecule has 3 rings (SSSR count). The number of fused-ring (bicyclic) bond motifs is 3. The summed E-state index contributed by atoms with van der Waals surface area (Å²) in [6, 6.07) is 3.95. The maximum absolute atomic E-state index is 5.91. The van der Waals surface area contributed by atoms with E-state index in [0.29, 0.717) is 5.41 Å². The van der Waals surface area contributed by atoms with Gasteiger partial charge in [-0.05, 0) is 42.7 Å². The van der Waals surface area contributed by atoms with Crippen LogP contribution < -0.4 is 5.73 Å². The minimum Gasteiger partial charge on any atom is -0.398 e. The number of hydrogen-bond acceptors (Lipinski definition) is 2. The van der Waals surface area contributed by atoms with E-state index in [4.69, 9.17) is 10.7 Å². The summed E-state index contributed by atoms with van der Waals surface area (Å²) in [6.45, 7) is 7.07. The quantitative estimate of drug-likeness (QED) is 0.895. The summed E-state index contributed by atoms with van der Waals surface area (Å²) in [7, 11) is 0. The molecule has 0 bridgehead atoms. The molecule has 3 heteroatoms. The molecule has 0 spiro atoms. The Bertz CT molecular complexity index is 610. The average Bonchev–Trinajstić information content (AvgIpc) is 2.76. The molecule has 0 saturated carbocycles. The Morgan fingerprint density at radius 3 is 2.95 bits per heavy atom. The van der Waals surface area contributed by atoms with Crippen molar-refractivity contribution in [1.29, 1.82) is 0 Å². The van der Waals surface area contributed by atoms with E-state index in [-0.39, 0.29) is 0 Å². The van der Waals surface area contributed by atoms with Crippen molar-refractivity contribution in [2.24, 2.45) is 11.3 Å². The highest BCUT2D eigenvalue weighted by atomic mass is 15.0. The zero-order valence-corrected chi connectivity index (χ0v) is 12.1. The van der Waals surface area contributed by atoms with E-state index in [0.717, 1.165) is 30.1 Å². The Kier molecular flexibility index (Phi) is 2.80. The SMILES string of the molecule is CCC(C)(C)C1CCc2nc3ccc(N)cn3c2C1. The summed E-state index contributed by atoms with van der Waals surface area (Å²) in [5.41, 5.74) is 10.8. The fourth-order valence-corrected chi connectivity index (χ4v) is 3.18. The van der Waals surface area contributed by atoms with Crippen LogP contribution >= 0.6 is 0 Å². The van der Waals surface area contributed by atoms with E-state index in [1.165, 1.54) is 24.2 Å². The molecule has 102 valence electrons. The van der Waals surface area contributed by atoms with E-state index >= 15 is 0 Å². The van der Waals surface area contributed by atoms with Gasteiger partial charge >= 0.3 is 0 Å². The maximum Gasteiger partial charge on any atom is 0.137 e. The zero-order valence-electron chi connectivity index (χ0n) is 12.1. The van der Waals surface area contributed by atoms with Crippen molar-refractivity contribution in [3.63, 3.8) is 0 Å². The average molecular weight is 257 g/mol. The van der Waals surface area contributed by atoms with Gasteiger partial charge in [0.15, 0.2) is 0 Å². The third-order valence-electron chi connectivity index (χ3n) is 5.01. The number of imidazole rings is 1. The van der Waals surface area contributed by atoms with Gasteiger partial charge in [0.2, 0.25) is 0 Å². The Labute approximate surface area is 114 Å². The second kappa shape index (κ2) is 4.26. The van der Waals surface area contributed by atoms with Gasteiger partial charge in [-0.3, -0.25) is 0 Å². The monoisotopic (exact) mass is 257 g/mol. The van der Waals surface area contributed by atoms with Crippen LogP contribution in [0.3, 0.4) is 0 Å². The zero-order chi connectivity index (χ0) is 13.6. The van der Waals surface area contributed by atoms with Crippen molar-refractivity contribution in [3.8, 4) is 0 Å². The molecule has 0 saturated heterocycles. The second-order valence-electron chi connectivity index (χ2n) is 6.48. The molecule has 0 fully saturated rings. The van der Waals surface area contributed by atoms with Crippen molar-refractivity contribution < 1.29 is 0 Å². The molecule has 1 aliphatic rings. The van der Waals surface area contributed by atoms with Crippen molar-refractivity contribution in [2.45, 2.75) is 46.5 Å². The molecule has 19 heavy (non-hydrogen) atoms. The van der Waals surface area contributed by atoms with Gasteiger partial charge in [0.25, 0.3) is 0 Å². The molecule has 2 aromatic heterocycles. The summed E-state index contributed by atoms with van der Waals surface area (Å²) >= 11 is 0. The lowest BCUT2D eigenvalue weighted by Crippen LogP contribution is -2.29. The number of aromatic nitrogens is 2. The number of pyridine rings is 1. The van der Waals surface area contributed by atoms with Crippen LogP contribution in [0.4, 0.5) is 5.69 Å². The van der Waals surface area contributed by atoms with E-state index < -0.39 is 0 Å². The molecular weight excluding hydrogens is 234 g/mol. The van der Waals surface area contributed by atoms with Gasteiger partial charge in [-0.2, -0.15) is 0 Å². The number of nitrogen functional groups attached to an aromatic ring is 1. The minimum absolute atomic E-state index is 0.405. The van der Waals surface area contributed by atoms with Crippen molar-refractivity contribution >= 4 is 11.3 Å². The maximum atomic E-state index is 5.91. The Hall–Kier alpha value is -1.51. The number of anilines is 1. The van der Waals surface area contributed by atoms with E-state index in [2.05, 4.69) is 25.2 Å². The van der Waals surface area contributed by atoms with Gasteiger partial charge in [-0.1, -0.05) is 27.2 Å². The van der Waals surface area contributed by atoms with Crippen LogP contribution in [-0.4, -0.2) is 9.38 Å². The van der Waals surface area contributed by atoms with Gasteiger partial charge in [0.1, 0.15) is 5.65 Å². The third kappa shape index (κ3) is 2.01. The van der Waals surface area contributed by atoms with Crippen LogP contribution in [0.5, 0.6) is 0 Å². The second-order valence-corrected chi connectivity index (χ2v) is 6.48. The predicted molar refractivity (Wildman–Crippen MR) is 79.2 cm³/mol. The number of hydrogen-bond donors (Lipinski definition) is 1. The standard InChI is InChI=1S/C16H23N3/c1-4-16(2,3)11-5-7-13-14(9-11)19-10-12(17)6-8-15(19)18-13/h6,8,10-11H,4-5,7,9,17H2,1-3H3. The van der Waals surface area contributed by atoms with E-state index in [9.17, 15) is 0 Å². The summed E-state index contributed by atoms with van der Waals surface area (Å²) in [6.07, 6.45) is 6.73. The lowest BCUT2D eigenvalue weighted by molar-refractivity contribution is 0.180. The molecular formula is C16H23N3. The first-order valence-electron chi connectivity index (χ1n) is 7.26. The lowest BCUT2D eigenvalue weighted by Gasteiger charge is -2.36. The Balaban J connectivity index is 2.04. The highest BCUT2D eigenvalue weighted by Gasteiger charge is 2.32. The minimum atomic E-state index is 0.405. The van der Waals surface area contributed by atoms with Crippen LogP contribution in [0.2, 0.25) is 0 Å². The van der Waals surface area contributed by atoms with Crippen LogP contribution in [0.1, 0.15) is 45.0 Å². The van der Waals surface area contributed by atoms with Crippen LogP contribution in [-0.2, 0) is 12.8 Å². The molecule has 0 amide bonds. The van der Waals surface area contributed by atoms with Crippen LogP contribution in [0.15, 0.2) is 18.3 Å². The normalized spacial score (nSPS) is 19.6. The lowest BCUT2D eigenvalue weighted by atomic mass is 9.70. The molecule has 1 atom stereocenters. The Morgan fingerprint density at radius 1 is 1.42 bits per heavy atom. The van der Waals surface area contributed by atoms with E-state index in [1.54, 1.807) is 0 Å². The van der Waals surface area contributed by atoms with Crippen molar-refractivity contribution in [3.05, 3.63) is 29.7 Å². The first-order chi connectivity index (χ1) is 9.01. The largest absolute Gasteiger partial charge is 0.398 e. The number of nitrogens with zero attached hydrogens (tertiary/aromatic N) is 2. The fraction of sp³-hybridized carbons (Fsp3) is 0.562. The van der Waals surface area contributed by atoms with Gasteiger partial charge in [0.05, 0.1) is 5.69 Å². The Morgan fingerprint density at radius 2 is 2.21 bits per heavy atom. The predicted octanol–water partition coefficient (Wildman–Crippen LogP) is 3.46. The van der Waals surface area contributed by atoms with Crippen LogP contribution in [0, 0.1) is 11.3 Å². The highest BCUT2D eigenvalue weighted by Crippen LogP contribution is 2.39. The summed E-state index contributed by atoms with van der Waals surface area (Å²) in [4.78, 5) is 4.74. The first kappa shape index (κ1) is 12.5. The van der Waals surface area contributed by atoms with Gasteiger partial charge < -0.3 is 10.1 Å². The first-order valence-corrected chi connectivity index (χ1v) is 7.26. The highest BCUT2D eigenvalue weighted by molar-refractivity contribution is 5.50. The van der Waals surface area contributed by atoms with Crippen molar-refractivity contribution in [2.75, 3.05) is 5.73 Å². The topological polar surface area (TPSA) is 43.3 Å². The number of aryl methyl sites for hydroxylation is 1. The number of rotatable bonds is 2. The molecule has 1 unspecified atom stereocenters.